The van der Waals surface area contributed by atoms with Gasteiger partial charge in [0.1, 0.15) is 0 Å². The van der Waals surface area contributed by atoms with Crippen LogP contribution in [-0.2, 0) is 19.1 Å². The summed E-state index contributed by atoms with van der Waals surface area (Å²) in [6.07, 6.45) is 0.311. The van der Waals surface area contributed by atoms with Crippen LogP contribution in [0.1, 0.15) is 27.1 Å². The van der Waals surface area contributed by atoms with Crippen LogP contribution in [0.3, 0.4) is 0 Å². The Morgan fingerprint density at radius 2 is 1.86 bits per heavy atom. The molecule has 2 aliphatic rings. The summed E-state index contributed by atoms with van der Waals surface area (Å²) in [5.41, 5.74) is -0.844. The molecule has 1 saturated heterocycles. The second kappa shape index (κ2) is 4.94. The van der Waals surface area contributed by atoms with E-state index in [2.05, 4.69) is 0 Å². The molecule has 1 aromatic carbocycles. The van der Waals surface area contributed by atoms with Gasteiger partial charge in [-0.3, -0.25) is 9.59 Å². The van der Waals surface area contributed by atoms with E-state index in [1.165, 1.54) is 19.2 Å². The van der Waals surface area contributed by atoms with E-state index in [4.69, 9.17) is 14.3 Å². The Bertz CT molecular complexity index is 585. The summed E-state index contributed by atoms with van der Waals surface area (Å²) in [6.45, 7) is 0.385. The van der Waals surface area contributed by atoms with Gasteiger partial charge in [-0.05, 0) is 12.1 Å². The van der Waals surface area contributed by atoms with Crippen molar-refractivity contribution in [3.8, 4) is 0 Å². The van der Waals surface area contributed by atoms with Crippen molar-refractivity contribution >= 4 is 17.8 Å². The molecule has 7 nitrogen and oxygen atoms in total. The number of methoxy groups -OCH3 is 1. The van der Waals surface area contributed by atoms with Crippen LogP contribution in [0.25, 0.3) is 0 Å². The number of nitrogens with zero attached hydrogens (tertiary/aromatic N) is 1. The van der Waals surface area contributed by atoms with Gasteiger partial charge in [-0.25, -0.2) is 4.79 Å². The molecule has 2 heterocycles. The first-order valence-electron chi connectivity index (χ1n) is 6.42. The zero-order valence-electron chi connectivity index (χ0n) is 11.3. The van der Waals surface area contributed by atoms with Gasteiger partial charge in [0.15, 0.2) is 5.60 Å². The largest absolute Gasteiger partial charge is 0.378 e. The third kappa shape index (κ3) is 2.01. The van der Waals surface area contributed by atoms with E-state index in [0.29, 0.717) is 18.1 Å². The summed E-state index contributed by atoms with van der Waals surface area (Å²) in [6, 6.07) is 6.29. The van der Waals surface area contributed by atoms with Gasteiger partial charge >= 0.3 is 5.97 Å². The van der Waals surface area contributed by atoms with Crippen molar-refractivity contribution in [2.75, 3.05) is 20.3 Å². The Labute approximate surface area is 120 Å². The highest BCUT2D eigenvalue weighted by Crippen LogP contribution is 2.28. The molecule has 1 unspecified atom stereocenters. The maximum Gasteiger partial charge on any atom is 0.367 e. The fourth-order valence-corrected chi connectivity index (χ4v) is 2.37. The molecule has 21 heavy (non-hydrogen) atoms. The van der Waals surface area contributed by atoms with Gasteiger partial charge in [0.2, 0.25) is 0 Å². The number of hydrogen-bond acceptors (Lipinski definition) is 6. The Kier molecular flexibility index (Phi) is 3.23. The lowest BCUT2D eigenvalue weighted by Gasteiger charge is -2.24. The van der Waals surface area contributed by atoms with Gasteiger partial charge in [-0.1, -0.05) is 17.2 Å². The number of carbonyl (C=O) groups excluding carboxylic acids is 3. The highest BCUT2D eigenvalue weighted by Gasteiger charge is 2.48. The second-order valence-corrected chi connectivity index (χ2v) is 4.83. The number of benzene rings is 1. The predicted octanol–water partition coefficient (Wildman–Crippen LogP) is 0.546. The zero-order chi connectivity index (χ0) is 15.0. The van der Waals surface area contributed by atoms with Crippen molar-refractivity contribution < 1.29 is 28.7 Å². The van der Waals surface area contributed by atoms with Gasteiger partial charge in [0.25, 0.3) is 11.8 Å². The summed E-state index contributed by atoms with van der Waals surface area (Å²) in [7, 11) is 1.36. The quantitative estimate of drug-likeness (QED) is 0.756. The van der Waals surface area contributed by atoms with Crippen molar-refractivity contribution in [3.05, 3.63) is 35.4 Å². The predicted molar refractivity (Wildman–Crippen MR) is 68.2 cm³/mol. The average Bonchev–Trinajstić information content (AvgIpc) is 3.08. The van der Waals surface area contributed by atoms with Crippen molar-refractivity contribution in [1.29, 1.82) is 0 Å². The van der Waals surface area contributed by atoms with E-state index < -0.39 is 23.4 Å². The van der Waals surface area contributed by atoms with Crippen molar-refractivity contribution in [2.24, 2.45) is 0 Å². The van der Waals surface area contributed by atoms with Crippen molar-refractivity contribution in [2.45, 2.75) is 12.0 Å². The maximum atomic E-state index is 12.2. The molecule has 0 N–H and O–H groups in total. The minimum atomic E-state index is -1.27. The molecule has 110 valence electrons. The van der Waals surface area contributed by atoms with Crippen molar-refractivity contribution in [1.82, 2.24) is 5.06 Å². The molecule has 0 radical (unpaired) electrons. The highest BCUT2D eigenvalue weighted by atomic mass is 16.7. The minimum Gasteiger partial charge on any atom is -0.378 e. The zero-order valence-corrected chi connectivity index (χ0v) is 11.3. The first-order chi connectivity index (χ1) is 10.1. The van der Waals surface area contributed by atoms with Gasteiger partial charge in [-0.15, -0.1) is 0 Å². The molecule has 0 bridgehead atoms. The van der Waals surface area contributed by atoms with Crippen LogP contribution in [0, 0.1) is 0 Å². The van der Waals surface area contributed by atoms with Crippen LogP contribution in [0.5, 0.6) is 0 Å². The summed E-state index contributed by atoms with van der Waals surface area (Å²) < 4.78 is 10.3. The molecule has 1 aromatic rings. The highest BCUT2D eigenvalue weighted by molar-refractivity contribution is 6.20. The summed E-state index contributed by atoms with van der Waals surface area (Å²) in [5.74, 6) is -2.12. The summed E-state index contributed by atoms with van der Waals surface area (Å²) in [5, 5.41) is 0.478. The fourth-order valence-electron chi connectivity index (χ4n) is 2.37. The van der Waals surface area contributed by atoms with Crippen LogP contribution in [0.15, 0.2) is 24.3 Å². The van der Waals surface area contributed by atoms with Crippen LogP contribution in [-0.4, -0.2) is 48.8 Å². The van der Waals surface area contributed by atoms with Gasteiger partial charge in [0.05, 0.1) is 24.3 Å². The number of amides is 2. The Morgan fingerprint density at radius 1 is 1.24 bits per heavy atom. The number of imide groups is 1. The van der Waals surface area contributed by atoms with Crippen molar-refractivity contribution in [3.63, 3.8) is 0 Å². The molecular weight excluding hydrogens is 278 g/mol. The standard InChI is InChI=1S/C14H13NO6/c1-19-14(6-7-20-8-14)13(18)21-15-11(16)9-4-2-3-5-10(9)12(15)17/h2-5H,6-8H2,1H3. The normalized spacial score (nSPS) is 24.3. The van der Waals surface area contributed by atoms with E-state index in [9.17, 15) is 14.4 Å². The Morgan fingerprint density at radius 3 is 2.33 bits per heavy atom. The van der Waals surface area contributed by atoms with E-state index in [1.807, 2.05) is 0 Å². The first kappa shape index (κ1) is 13.7. The summed E-state index contributed by atoms with van der Waals surface area (Å²) >= 11 is 0. The number of ether oxygens (including phenoxy) is 2. The molecule has 1 fully saturated rings. The van der Waals surface area contributed by atoms with E-state index >= 15 is 0 Å². The van der Waals surface area contributed by atoms with Crippen LogP contribution in [0.4, 0.5) is 0 Å². The molecule has 0 spiro atoms. The van der Waals surface area contributed by atoms with Crippen LogP contribution < -0.4 is 0 Å². The van der Waals surface area contributed by atoms with Gasteiger partial charge < -0.3 is 14.3 Å². The fraction of sp³-hybridized carbons (Fsp3) is 0.357. The molecular formula is C14H13NO6. The van der Waals surface area contributed by atoms with Crippen LogP contribution >= 0.6 is 0 Å². The molecule has 2 aliphatic heterocycles. The molecule has 7 heteroatoms. The molecule has 0 aromatic heterocycles. The molecule has 3 rings (SSSR count). The monoisotopic (exact) mass is 291 g/mol. The lowest BCUT2D eigenvalue weighted by Crippen LogP contribution is -2.47. The lowest BCUT2D eigenvalue weighted by atomic mass is 10.0. The molecule has 1 atom stereocenters. The second-order valence-electron chi connectivity index (χ2n) is 4.83. The lowest BCUT2D eigenvalue weighted by molar-refractivity contribution is -0.193. The Hall–Kier alpha value is -2.25. The first-order valence-corrected chi connectivity index (χ1v) is 6.42. The number of fused-ring (bicyclic) bond motifs is 1. The van der Waals surface area contributed by atoms with E-state index in [1.54, 1.807) is 12.1 Å². The Balaban J connectivity index is 1.82. The van der Waals surface area contributed by atoms with Gasteiger partial charge in [-0.2, -0.15) is 0 Å². The molecule has 2 amide bonds. The van der Waals surface area contributed by atoms with Gasteiger partial charge in [0, 0.05) is 13.5 Å². The molecule has 0 aliphatic carbocycles. The number of rotatable bonds is 3. The van der Waals surface area contributed by atoms with E-state index in [0.717, 1.165) is 0 Å². The average molecular weight is 291 g/mol. The van der Waals surface area contributed by atoms with Crippen LogP contribution in [0.2, 0.25) is 0 Å². The van der Waals surface area contributed by atoms with E-state index in [-0.39, 0.29) is 17.7 Å². The SMILES string of the molecule is COC1(C(=O)ON2C(=O)c3ccccc3C2=O)CCOC1. The maximum absolute atomic E-state index is 12.2. The number of carbonyl (C=O) groups is 3. The topological polar surface area (TPSA) is 82.1 Å². The minimum absolute atomic E-state index is 0.0332. The summed E-state index contributed by atoms with van der Waals surface area (Å²) in [4.78, 5) is 41.4. The third-order valence-electron chi connectivity index (χ3n) is 3.68. The number of hydrogen-bond donors (Lipinski definition) is 0. The molecule has 0 saturated carbocycles. The smallest absolute Gasteiger partial charge is 0.367 e. The number of hydroxylamine groups is 2. The third-order valence-corrected chi connectivity index (χ3v) is 3.68.